The zero-order valence-electron chi connectivity index (χ0n) is 12.8. The van der Waals surface area contributed by atoms with Gasteiger partial charge in [0.15, 0.2) is 0 Å². The second-order valence-electron chi connectivity index (χ2n) is 5.67. The number of fused-ring (bicyclic) bond motifs is 1. The molecule has 0 saturated heterocycles. The monoisotopic (exact) mass is 313 g/mol. The Morgan fingerprint density at radius 1 is 1.26 bits per heavy atom. The number of urea groups is 1. The molecule has 3 rings (SSSR count). The molecule has 2 amide bonds. The van der Waals surface area contributed by atoms with Gasteiger partial charge < -0.3 is 25.1 Å². The number of aromatic nitrogens is 1. The number of aromatic amines is 1. The molecular formula is C17H19N3O3. The number of furan rings is 1. The second kappa shape index (κ2) is 6.18. The second-order valence-corrected chi connectivity index (χ2v) is 5.67. The standard InChI is InChI=1S/C17H19N3O3/c1-17(22,15-7-4-8-23-15)11-19-16(21)18-10-13-9-12-5-2-3-6-14(12)20-13/h2-9,20,22H,10-11H2,1H3,(H2,18,19,21). The molecule has 0 saturated carbocycles. The summed E-state index contributed by atoms with van der Waals surface area (Å²) in [6.45, 7) is 2.02. The summed E-state index contributed by atoms with van der Waals surface area (Å²) < 4.78 is 5.17. The van der Waals surface area contributed by atoms with Crippen LogP contribution in [0.3, 0.4) is 0 Å². The topological polar surface area (TPSA) is 90.3 Å². The number of para-hydroxylation sites is 1. The van der Waals surface area contributed by atoms with Crippen molar-refractivity contribution in [2.75, 3.05) is 6.54 Å². The maximum atomic E-state index is 11.9. The van der Waals surface area contributed by atoms with Gasteiger partial charge in [0.1, 0.15) is 11.4 Å². The molecule has 4 N–H and O–H groups in total. The largest absolute Gasteiger partial charge is 0.466 e. The van der Waals surface area contributed by atoms with E-state index in [0.29, 0.717) is 12.3 Å². The third kappa shape index (κ3) is 3.54. The van der Waals surface area contributed by atoms with E-state index in [1.165, 1.54) is 6.26 Å². The summed E-state index contributed by atoms with van der Waals surface area (Å²) in [5, 5.41) is 16.8. The van der Waals surface area contributed by atoms with Crippen LogP contribution in [0.25, 0.3) is 10.9 Å². The summed E-state index contributed by atoms with van der Waals surface area (Å²) in [4.78, 5) is 15.1. The lowest BCUT2D eigenvalue weighted by Crippen LogP contribution is -2.43. The van der Waals surface area contributed by atoms with Crippen molar-refractivity contribution < 1.29 is 14.3 Å². The van der Waals surface area contributed by atoms with Crippen molar-refractivity contribution in [3.8, 4) is 0 Å². The Balaban J connectivity index is 1.51. The minimum atomic E-state index is -1.25. The van der Waals surface area contributed by atoms with E-state index in [4.69, 9.17) is 4.42 Å². The van der Waals surface area contributed by atoms with E-state index in [1.54, 1.807) is 19.1 Å². The highest BCUT2D eigenvalue weighted by molar-refractivity contribution is 5.80. The lowest BCUT2D eigenvalue weighted by Gasteiger charge is -2.21. The summed E-state index contributed by atoms with van der Waals surface area (Å²) >= 11 is 0. The normalized spacial score (nSPS) is 13.7. The number of rotatable bonds is 5. The van der Waals surface area contributed by atoms with Crippen molar-refractivity contribution in [3.05, 3.63) is 60.2 Å². The predicted molar refractivity (Wildman–Crippen MR) is 86.8 cm³/mol. The quantitative estimate of drug-likeness (QED) is 0.583. The first-order chi connectivity index (χ1) is 11.0. The summed E-state index contributed by atoms with van der Waals surface area (Å²) in [5.41, 5.74) is 0.701. The van der Waals surface area contributed by atoms with Gasteiger partial charge in [-0.15, -0.1) is 0 Å². The van der Waals surface area contributed by atoms with Crippen molar-refractivity contribution in [1.29, 1.82) is 0 Å². The van der Waals surface area contributed by atoms with E-state index in [1.807, 2.05) is 30.3 Å². The molecule has 0 radical (unpaired) electrons. The van der Waals surface area contributed by atoms with Gasteiger partial charge in [-0.25, -0.2) is 4.79 Å². The summed E-state index contributed by atoms with van der Waals surface area (Å²) in [5.74, 6) is 0.411. The number of amides is 2. The van der Waals surface area contributed by atoms with Gasteiger partial charge >= 0.3 is 6.03 Å². The van der Waals surface area contributed by atoms with E-state index < -0.39 is 5.60 Å². The molecule has 1 atom stereocenters. The van der Waals surface area contributed by atoms with Gasteiger partial charge in [-0.2, -0.15) is 0 Å². The van der Waals surface area contributed by atoms with E-state index >= 15 is 0 Å². The van der Waals surface area contributed by atoms with Crippen LogP contribution in [0.4, 0.5) is 4.79 Å². The van der Waals surface area contributed by atoms with Crippen LogP contribution in [0, 0.1) is 0 Å². The molecule has 3 aromatic rings. The van der Waals surface area contributed by atoms with Crippen molar-refractivity contribution in [1.82, 2.24) is 15.6 Å². The number of benzene rings is 1. The Kier molecular flexibility index (Phi) is 4.08. The maximum Gasteiger partial charge on any atom is 0.315 e. The summed E-state index contributed by atoms with van der Waals surface area (Å²) in [6.07, 6.45) is 1.49. The van der Waals surface area contributed by atoms with Crippen LogP contribution >= 0.6 is 0 Å². The number of H-pyrrole nitrogens is 1. The van der Waals surface area contributed by atoms with Crippen LogP contribution in [0.5, 0.6) is 0 Å². The van der Waals surface area contributed by atoms with Gasteiger partial charge in [0.2, 0.25) is 0 Å². The van der Waals surface area contributed by atoms with Gasteiger partial charge in [0.05, 0.1) is 19.4 Å². The fourth-order valence-electron chi connectivity index (χ4n) is 2.39. The van der Waals surface area contributed by atoms with E-state index in [0.717, 1.165) is 16.6 Å². The van der Waals surface area contributed by atoms with Crippen molar-refractivity contribution in [3.63, 3.8) is 0 Å². The first kappa shape index (κ1) is 15.2. The van der Waals surface area contributed by atoms with Gasteiger partial charge in [-0.1, -0.05) is 18.2 Å². The fourth-order valence-corrected chi connectivity index (χ4v) is 2.39. The molecule has 0 aliphatic heterocycles. The first-order valence-corrected chi connectivity index (χ1v) is 7.39. The first-order valence-electron chi connectivity index (χ1n) is 7.39. The number of hydrogen-bond donors (Lipinski definition) is 4. The molecule has 2 aromatic heterocycles. The van der Waals surface area contributed by atoms with Crippen LogP contribution in [-0.2, 0) is 12.1 Å². The SMILES string of the molecule is CC(O)(CNC(=O)NCc1cc2ccccc2[nH]1)c1ccco1. The third-order valence-corrected chi connectivity index (χ3v) is 3.67. The fraction of sp³-hybridized carbons (Fsp3) is 0.235. The minimum absolute atomic E-state index is 0.0546. The molecule has 6 nitrogen and oxygen atoms in total. The third-order valence-electron chi connectivity index (χ3n) is 3.67. The van der Waals surface area contributed by atoms with Crippen LogP contribution in [-0.4, -0.2) is 22.7 Å². The molecule has 1 unspecified atom stereocenters. The van der Waals surface area contributed by atoms with E-state index in [-0.39, 0.29) is 12.6 Å². The van der Waals surface area contributed by atoms with E-state index in [9.17, 15) is 9.90 Å². The summed E-state index contributed by atoms with van der Waals surface area (Å²) in [7, 11) is 0. The van der Waals surface area contributed by atoms with Gasteiger partial charge in [0, 0.05) is 11.2 Å². The molecular weight excluding hydrogens is 294 g/mol. The lowest BCUT2D eigenvalue weighted by atomic mass is 10.0. The molecule has 120 valence electrons. The van der Waals surface area contributed by atoms with Gasteiger partial charge in [-0.3, -0.25) is 0 Å². The van der Waals surface area contributed by atoms with Crippen molar-refractivity contribution in [2.24, 2.45) is 0 Å². The number of aliphatic hydroxyl groups is 1. The van der Waals surface area contributed by atoms with Gasteiger partial charge in [0.25, 0.3) is 0 Å². The molecule has 0 aliphatic rings. The Labute approximate surface area is 133 Å². The molecule has 0 spiro atoms. The molecule has 2 heterocycles. The highest BCUT2D eigenvalue weighted by Gasteiger charge is 2.26. The Morgan fingerprint density at radius 2 is 2.09 bits per heavy atom. The lowest BCUT2D eigenvalue weighted by molar-refractivity contribution is 0.0367. The summed E-state index contributed by atoms with van der Waals surface area (Å²) in [6, 6.07) is 12.9. The predicted octanol–water partition coefficient (Wildman–Crippen LogP) is 2.47. The van der Waals surface area contributed by atoms with Crippen molar-refractivity contribution >= 4 is 16.9 Å². The Bertz CT molecular complexity index is 757. The Morgan fingerprint density at radius 3 is 2.83 bits per heavy atom. The molecule has 0 fully saturated rings. The van der Waals surface area contributed by atoms with Crippen molar-refractivity contribution in [2.45, 2.75) is 19.1 Å². The van der Waals surface area contributed by atoms with Gasteiger partial charge in [-0.05, 0) is 36.6 Å². The van der Waals surface area contributed by atoms with Crippen LogP contribution in [0.1, 0.15) is 18.4 Å². The number of hydrogen-bond acceptors (Lipinski definition) is 3. The average molecular weight is 313 g/mol. The number of carbonyl (C=O) groups is 1. The smallest absolute Gasteiger partial charge is 0.315 e. The molecule has 0 bridgehead atoms. The Hall–Kier alpha value is -2.73. The molecule has 6 heteroatoms. The molecule has 23 heavy (non-hydrogen) atoms. The number of carbonyl (C=O) groups excluding carboxylic acids is 1. The van der Waals surface area contributed by atoms with Crippen LogP contribution in [0.15, 0.2) is 53.1 Å². The van der Waals surface area contributed by atoms with E-state index in [2.05, 4.69) is 15.6 Å². The number of nitrogens with one attached hydrogen (secondary N) is 3. The molecule has 0 aliphatic carbocycles. The average Bonchev–Trinajstić information content (AvgIpc) is 3.20. The minimum Gasteiger partial charge on any atom is -0.466 e. The maximum absolute atomic E-state index is 11.9. The van der Waals surface area contributed by atoms with Crippen LogP contribution in [0.2, 0.25) is 0 Å². The molecule has 1 aromatic carbocycles. The highest BCUT2D eigenvalue weighted by Crippen LogP contribution is 2.19. The zero-order chi connectivity index (χ0) is 16.3. The van der Waals surface area contributed by atoms with Crippen LogP contribution < -0.4 is 10.6 Å². The highest BCUT2D eigenvalue weighted by atomic mass is 16.4. The zero-order valence-corrected chi connectivity index (χ0v) is 12.8.